The summed E-state index contributed by atoms with van der Waals surface area (Å²) in [5.74, 6) is 0. The fraction of sp³-hybridized carbons (Fsp3) is 0.250. The van der Waals surface area contributed by atoms with Gasteiger partial charge in [-0.05, 0) is 35.3 Å². The average Bonchev–Trinajstić information content (AvgIpc) is 2.50. The van der Waals surface area contributed by atoms with Crippen LogP contribution in [0.4, 0.5) is 0 Å². The van der Waals surface area contributed by atoms with Gasteiger partial charge in [0.1, 0.15) is 4.47 Å². The number of rotatable bonds is 2. The maximum absolute atomic E-state index is 11.7. The Balaban J connectivity index is 2.30. The Kier molecular flexibility index (Phi) is 3.01. The highest BCUT2D eigenvalue weighted by Gasteiger charge is 2.07. The highest BCUT2D eigenvalue weighted by atomic mass is 79.9. The summed E-state index contributed by atoms with van der Waals surface area (Å²) in [5, 5.41) is 3.03. The van der Waals surface area contributed by atoms with Crippen LogP contribution in [-0.2, 0) is 6.54 Å². The molecule has 0 spiro atoms. The molecule has 4 heteroatoms. The molecule has 3 nitrogen and oxygen atoms in total. The van der Waals surface area contributed by atoms with Gasteiger partial charge in [-0.25, -0.2) is 4.68 Å². The largest absolute Gasteiger partial charge is 0.299 e. The topological polar surface area (TPSA) is 37.8 Å². The summed E-state index contributed by atoms with van der Waals surface area (Å²) in [6, 6.07) is 8.16. The van der Waals surface area contributed by atoms with Crippen molar-refractivity contribution >= 4 is 15.9 Å². The van der Waals surface area contributed by atoms with Gasteiger partial charge in [0.05, 0.1) is 6.54 Å². The highest BCUT2D eigenvalue weighted by molar-refractivity contribution is 9.10. The summed E-state index contributed by atoms with van der Waals surface area (Å²) in [6.07, 6.45) is 0. The summed E-state index contributed by atoms with van der Waals surface area (Å²) in [5.41, 5.74) is 3.18. The second-order valence-electron chi connectivity index (χ2n) is 3.93. The lowest BCUT2D eigenvalue weighted by atomic mass is 10.1. The van der Waals surface area contributed by atoms with Crippen molar-refractivity contribution in [2.24, 2.45) is 0 Å². The number of aryl methyl sites for hydroxylation is 2. The molecule has 0 saturated carbocycles. The number of hydrogen-bond donors (Lipinski definition) is 1. The average molecular weight is 281 g/mol. The van der Waals surface area contributed by atoms with Crippen molar-refractivity contribution in [3.63, 3.8) is 0 Å². The summed E-state index contributed by atoms with van der Waals surface area (Å²) in [7, 11) is 0. The molecule has 0 atom stereocenters. The molecule has 0 unspecified atom stereocenters. The van der Waals surface area contributed by atoms with Gasteiger partial charge in [-0.1, -0.05) is 29.8 Å². The Bertz CT molecular complexity index is 551. The van der Waals surface area contributed by atoms with E-state index in [4.69, 9.17) is 0 Å². The molecule has 2 aromatic rings. The van der Waals surface area contributed by atoms with E-state index in [1.807, 2.05) is 38.1 Å². The normalized spacial score (nSPS) is 10.7. The molecule has 1 aromatic carbocycles. The van der Waals surface area contributed by atoms with Crippen LogP contribution in [0.3, 0.4) is 0 Å². The van der Waals surface area contributed by atoms with Gasteiger partial charge in [0, 0.05) is 5.69 Å². The van der Waals surface area contributed by atoms with E-state index >= 15 is 0 Å². The quantitative estimate of drug-likeness (QED) is 0.902. The molecule has 0 aliphatic carbocycles. The smallest absolute Gasteiger partial charge is 0.281 e. The Morgan fingerprint density at radius 1 is 1.25 bits per heavy atom. The lowest BCUT2D eigenvalue weighted by molar-refractivity contribution is 0.657. The van der Waals surface area contributed by atoms with Crippen molar-refractivity contribution < 1.29 is 0 Å². The number of hydrogen-bond acceptors (Lipinski definition) is 1. The monoisotopic (exact) mass is 280 g/mol. The van der Waals surface area contributed by atoms with Gasteiger partial charge in [0.2, 0.25) is 0 Å². The molecular weight excluding hydrogens is 268 g/mol. The lowest BCUT2D eigenvalue weighted by Gasteiger charge is -2.02. The van der Waals surface area contributed by atoms with Crippen LogP contribution in [0.25, 0.3) is 0 Å². The van der Waals surface area contributed by atoms with Crippen LogP contribution >= 0.6 is 15.9 Å². The van der Waals surface area contributed by atoms with E-state index in [0.717, 1.165) is 11.3 Å². The number of nitrogens with one attached hydrogen (secondary N) is 1. The van der Waals surface area contributed by atoms with E-state index in [2.05, 4.69) is 21.0 Å². The van der Waals surface area contributed by atoms with Gasteiger partial charge >= 0.3 is 0 Å². The molecule has 0 radical (unpaired) electrons. The van der Waals surface area contributed by atoms with E-state index in [0.29, 0.717) is 11.0 Å². The lowest BCUT2D eigenvalue weighted by Crippen LogP contribution is -2.17. The van der Waals surface area contributed by atoms with Crippen LogP contribution in [0.15, 0.2) is 33.5 Å². The first-order valence-corrected chi connectivity index (χ1v) is 5.87. The third kappa shape index (κ3) is 2.11. The fourth-order valence-electron chi connectivity index (χ4n) is 1.57. The molecule has 2 rings (SSSR count). The molecule has 0 saturated heterocycles. The number of nitrogens with zero attached hydrogens (tertiary/aromatic N) is 1. The standard InChI is InChI=1S/C12H13BrN2O/c1-8-3-5-10(6-4-8)7-15-12(16)11(13)9(2)14-15/h3-6,14H,7H2,1-2H3. The fourth-order valence-corrected chi connectivity index (χ4v) is 1.87. The van der Waals surface area contributed by atoms with Crippen molar-refractivity contribution in [3.8, 4) is 0 Å². The minimum Gasteiger partial charge on any atom is -0.299 e. The van der Waals surface area contributed by atoms with Crippen LogP contribution in [0, 0.1) is 13.8 Å². The molecular formula is C12H13BrN2O. The summed E-state index contributed by atoms with van der Waals surface area (Å²) in [4.78, 5) is 11.7. The maximum atomic E-state index is 11.7. The van der Waals surface area contributed by atoms with Crippen molar-refractivity contribution in [1.29, 1.82) is 0 Å². The first-order valence-electron chi connectivity index (χ1n) is 5.08. The summed E-state index contributed by atoms with van der Waals surface area (Å²) in [6.45, 7) is 4.49. The zero-order valence-corrected chi connectivity index (χ0v) is 10.8. The van der Waals surface area contributed by atoms with Gasteiger partial charge < -0.3 is 0 Å². The third-order valence-corrected chi connectivity index (χ3v) is 3.46. The van der Waals surface area contributed by atoms with E-state index in [9.17, 15) is 4.79 Å². The second kappa shape index (κ2) is 4.29. The molecule has 0 aliphatic heterocycles. The molecule has 1 aromatic heterocycles. The van der Waals surface area contributed by atoms with Crippen molar-refractivity contribution in [3.05, 3.63) is 55.9 Å². The Labute approximate surface area is 102 Å². The zero-order valence-electron chi connectivity index (χ0n) is 9.25. The van der Waals surface area contributed by atoms with E-state index in [1.54, 1.807) is 4.68 Å². The second-order valence-corrected chi connectivity index (χ2v) is 4.72. The number of aromatic nitrogens is 2. The van der Waals surface area contributed by atoms with Crippen LogP contribution in [-0.4, -0.2) is 9.78 Å². The molecule has 84 valence electrons. The highest BCUT2D eigenvalue weighted by Crippen LogP contribution is 2.09. The first kappa shape index (κ1) is 11.2. The number of halogens is 1. The van der Waals surface area contributed by atoms with Crippen LogP contribution in [0.2, 0.25) is 0 Å². The number of H-pyrrole nitrogens is 1. The number of benzene rings is 1. The van der Waals surface area contributed by atoms with Crippen molar-refractivity contribution in [2.45, 2.75) is 20.4 Å². The zero-order chi connectivity index (χ0) is 11.7. The van der Waals surface area contributed by atoms with E-state index in [-0.39, 0.29) is 5.56 Å². The van der Waals surface area contributed by atoms with E-state index < -0.39 is 0 Å². The maximum Gasteiger partial charge on any atom is 0.281 e. The molecule has 0 amide bonds. The van der Waals surface area contributed by atoms with Crippen LogP contribution < -0.4 is 5.56 Å². The van der Waals surface area contributed by atoms with E-state index in [1.165, 1.54) is 5.56 Å². The van der Waals surface area contributed by atoms with Gasteiger partial charge in [-0.15, -0.1) is 0 Å². The predicted molar refractivity (Wildman–Crippen MR) is 67.8 cm³/mol. The molecule has 0 aliphatic rings. The molecule has 1 N–H and O–H groups in total. The van der Waals surface area contributed by atoms with Gasteiger partial charge in [-0.3, -0.25) is 9.89 Å². The van der Waals surface area contributed by atoms with Crippen molar-refractivity contribution in [2.75, 3.05) is 0 Å². The minimum absolute atomic E-state index is 0.0157. The molecule has 1 heterocycles. The van der Waals surface area contributed by atoms with Crippen LogP contribution in [0.5, 0.6) is 0 Å². The Morgan fingerprint density at radius 2 is 1.88 bits per heavy atom. The predicted octanol–water partition coefficient (Wildman–Crippen LogP) is 2.60. The Hall–Kier alpha value is -1.29. The summed E-state index contributed by atoms with van der Waals surface area (Å²) < 4.78 is 2.21. The van der Waals surface area contributed by atoms with Gasteiger partial charge in [0.15, 0.2) is 0 Å². The summed E-state index contributed by atoms with van der Waals surface area (Å²) >= 11 is 3.26. The van der Waals surface area contributed by atoms with Gasteiger partial charge in [-0.2, -0.15) is 0 Å². The number of aromatic amines is 1. The minimum atomic E-state index is -0.0157. The SMILES string of the molecule is Cc1ccc(Cn2[nH]c(C)c(Br)c2=O)cc1. The molecule has 0 bridgehead atoms. The van der Waals surface area contributed by atoms with Crippen LogP contribution in [0.1, 0.15) is 16.8 Å². The van der Waals surface area contributed by atoms with Crippen molar-refractivity contribution in [1.82, 2.24) is 9.78 Å². The first-order chi connectivity index (χ1) is 7.58. The Morgan fingerprint density at radius 3 is 2.38 bits per heavy atom. The molecule has 16 heavy (non-hydrogen) atoms. The van der Waals surface area contributed by atoms with Gasteiger partial charge in [0.25, 0.3) is 5.56 Å². The third-order valence-electron chi connectivity index (χ3n) is 2.53. The molecule has 0 fully saturated rings.